The van der Waals surface area contributed by atoms with E-state index in [0.717, 1.165) is 33.5 Å². The number of nitrogens with zero attached hydrogens (tertiary/aromatic N) is 5. The van der Waals surface area contributed by atoms with Gasteiger partial charge in [0.05, 0.1) is 34.2 Å². The van der Waals surface area contributed by atoms with Crippen LogP contribution >= 0.6 is 0 Å². The minimum absolute atomic E-state index is 0.0150. The van der Waals surface area contributed by atoms with Crippen molar-refractivity contribution in [3.8, 4) is 16.9 Å². The van der Waals surface area contributed by atoms with Gasteiger partial charge >= 0.3 is 18.2 Å². The van der Waals surface area contributed by atoms with Crippen molar-refractivity contribution < 1.29 is 50.5 Å². The monoisotopic (exact) mass is 698 g/mol. The Morgan fingerprint density at radius 2 is 1.69 bits per heavy atom. The van der Waals surface area contributed by atoms with Crippen LogP contribution in [0.3, 0.4) is 0 Å². The molecular formula is C30H37F3N6O8S. The molecule has 0 spiro atoms. The number of rotatable bonds is 14. The summed E-state index contributed by atoms with van der Waals surface area (Å²) in [6, 6.07) is 11.6. The first-order valence-electron chi connectivity index (χ1n) is 14.6. The Kier molecular flexibility index (Phi) is 12.4. The van der Waals surface area contributed by atoms with Gasteiger partial charge in [-0.05, 0) is 49.6 Å². The van der Waals surface area contributed by atoms with Crippen LogP contribution in [0.25, 0.3) is 16.9 Å². The number of hydrogen-bond acceptors (Lipinski definition) is 10. The van der Waals surface area contributed by atoms with E-state index in [1.165, 1.54) is 19.2 Å². The summed E-state index contributed by atoms with van der Waals surface area (Å²) in [7, 11) is -3.14. The van der Waals surface area contributed by atoms with Gasteiger partial charge in [-0.2, -0.15) is 18.3 Å². The number of likely N-dealkylation sites (N-methyl/N-ethyl adjacent to an activating group) is 1. The van der Waals surface area contributed by atoms with Crippen LogP contribution in [0.15, 0.2) is 64.8 Å². The van der Waals surface area contributed by atoms with Gasteiger partial charge in [0.1, 0.15) is 12.6 Å². The molecule has 262 valence electrons. The van der Waals surface area contributed by atoms with Crippen LogP contribution < -0.4 is 4.72 Å². The summed E-state index contributed by atoms with van der Waals surface area (Å²) in [5.41, 5.74) is 0.496. The maximum absolute atomic E-state index is 13.5. The van der Waals surface area contributed by atoms with E-state index in [2.05, 4.69) is 10.4 Å². The second-order valence-corrected chi connectivity index (χ2v) is 13.1. The smallest absolute Gasteiger partial charge is 0.435 e. The van der Waals surface area contributed by atoms with E-state index in [0.29, 0.717) is 12.0 Å². The molecule has 2 aromatic carbocycles. The van der Waals surface area contributed by atoms with Crippen molar-refractivity contribution in [1.82, 2.24) is 19.5 Å². The first-order chi connectivity index (χ1) is 22.4. The summed E-state index contributed by atoms with van der Waals surface area (Å²) in [6.07, 6.45) is -5.74. The Morgan fingerprint density at radius 3 is 2.25 bits per heavy atom. The lowest BCUT2D eigenvalue weighted by Crippen LogP contribution is -2.43. The number of benzene rings is 2. The molecule has 0 saturated carbocycles. The largest absolute Gasteiger partial charge is 0.569 e. The number of carbonyl (C=O) groups excluding carboxylic acids is 2. The van der Waals surface area contributed by atoms with Crippen LogP contribution in [0, 0.1) is 24.0 Å². The molecule has 0 fully saturated rings. The Bertz CT molecular complexity index is 1690. The number of aromatic nitrogens is 2. The van der Waals surface area contributed by atoms with Gasteiger partial charge < -0.3 is 19.5 Å². The van der Waals surface area contributed by atoms with Crippen molar-refractivity contribution >= 4 is 22.1 Å². The topological polar surface area (TPSA) is 167 Å². The molecule has 0 aliphatic rings. The third kappa shape index (κ3) is 10.3. The second kappa shape index (κ2) is 15.8. The number of amides is 1. The number of esters is 1. The van der Waals surface area contributed by atoms with Crippen LogP contribution in [0.4, 0.5) is 18.0 Å². The third-order valence-corrected chi connectivity index (χ3v) is 8.09. The maximum atomic E-state index is 13.5. The highest BCUT2D eigenvalue weighted by atomic mass is 32.2. The predicted octanol–water partition coefficient (Wildman–Crippen LogP) is 5.59. The molecule has 0 radical (unpaired) electrons. The Labute approximate surface area is 275 Å². The molecule has 1 aromatic heterocycles. The van der Waals surface area contributed by atoms with E-state index in [4.69, 9.17) is 14.3 Å². The van der Waals surface area contributed by atoms with Crippen LogP contribution in [-0.2, 0) is 35.3 Å². The number of carbonyl (C=O) groups is 2. The lowest BCUT2D eigenvalue weighted by atomic mass is 10.0. The molecule has 3 aromatic rings. The highest BCUT2D eigenvalue weighted by Crippen LogP contribution is 2.33. The van der Waals surface area contributed by atoms with Gasteiger partial charge in [-0.1, -0.05) is 57.5 Å². The first-order valence-corrected chi connectivity index (χ1v) is 16.1. The number of nitrogens with one attached hydrogen (secondary N) is 1. The summed E-state index contributed by atoms with van der Waals surface area (Å²) in [5, 5.41) is 20.4. The normalized spacial score (nSPS) is 12.9. The summed E-state index contributed by atoms with van der Waals surface area (Å²) < 4.78 is 79.2. The van der Waals surface area contributed by atoms with Gasteiger partial charge in [0.2, 0.25) is 5.28 Å². The zero-order valence-electron chi connectivity index (χ0n) is 27.1. The molecule has 0 aliphatic carbocycles. The molecule has 3 rings (SSSR count). The highest BCUT2D eigenvalue weighted by Gasteiger charge is 2.35. The van der Waals surface area contributed by atoms with Crippen LogP contribution in [0.5, 0.6) is 0 Å². The van der Waals surface area contributed by atoms with Crippen LogP contribution in [0.1, 0.15) is 45.4 Å². The Hall–Kier alpha value is -4.87. The molecule has 0 bridgehead atoms. The number of sulfonamides is 1. The molecule has 14 nitrogen and oxygen atoms in total. The standard InChI is InChI=1S/C30H37F3N6O8S/c1-19(2)15-24(37(6)39(42)36-47-18-46-28(40)20(3)4)17-45-29(41)35-48(43,44)25-13-11-23(12-14-25)38-26(16-27(34-38)30(31,32)33)22-9-7-21(5)8-10-22/h7-14,16,19-20,24H,15,17-18H2,1-6H3,(H,35,41)/t24-/m0/s1. The average molecular weight is 699 g/mol. The summed E-state index contributed by atoms with van der Waals surface area (Å²) in [4.78, 5) is 28.4. The van der Waals surface area contributed by atoms with Gasteiger partial charge in [0, 0.05) is 5.56 Å². The molecule has 0 unspecified atom stereocenters. The summed E-state index contributed by atoms with van der Waals surface area (Å²) in [5.74, 6) is -0.943. The van der Waals surface area contributed by atoms with E-state index >= 15 is 0 Å². The molecule has 18 heteroatoms. The lowest BCUT2D eigenvalue weighted by Gasteiger charge is -2.25. The Balaban J connectivity index is 1.70. The number of aryl methyl sites for hydroxylation is 1. The van der Waals surface area contributed by atoms with Gasteiger partial charge in [0.15, 0.2) is 5.69 Å². The van der Waals surface area contributed by atoms with Gasteiger partial charge in [-0.15, -0.1) is 5.01 Å². The van der Waals surface area contributed by atoms with Crippen molar-refractivity contribution in [3.63, 3.8) is 0 Å². The van der Waals surface area contributed by atoms with Crippen molar-refractivity contribution in [3.05, 3.63) is 71.1 Å². The fourth-order valence-electron chi connectivity index (χ4n) is 4.18. The van der Waals surface area contributed by atoms with E-state index in [1.54, 1.807) is 42.8 Å². The van der Waals surface area contributed by atoms with Crippen molar-refractivity contribution in [2.75, 3.05) is 20.4 Å². The van der Waals surface area contributed by atoms with Crippen LogP contribution in [-0.4, -0.2) is 66.7 Å². The highest BCUT2D eigenvalue weighted by molar-refractivity contribution is 7.90. The number of alkyl halides is 3. The molecule has 1 N–H and O–H groups in total. The van der Waals surface area contributed by atoms with E-state index in [9.17, 15) is 36.4 Å². The fraction of sp³-hybridized carbons (Fsp3) is 0.433. The van der Waals surface area contributed by atoms with Crippen molar-refractivity contribution in [1.29, 1.82) is 0 Å². The van der Waals surface area contributed by atoms with Crippen LogP contribution in [0.2, 0.25) is 0 Å². The quantitative estimate of drug-likeness (QED) is 0.0560. The zero-order valence-corrected chi connectivity index (χ0v) is 27.9. The van der Waals surface area contributed by atoms with Crippen molar-refractivity contribution in [2.45, 2.75) is 58.2 Å². The number of ether oxygens (including phenoxy) is 2. The molecular weight excluding hydrogens is 661 g/mol. The molecule has 48 heavy (non-hydrogen) atoms. The fourth-order valence-corrected chi connectivity index (χ4v) is 5.07. The SMILES string of the molecule is Cc1ccc(-c2cc(C(F)(F)F)nn2-c2ccc(S(=O)(=O)NC(=O)OC[C@H](CC(C)C)N(C)[N+]([O-])=NOCOC(=O)C(C)C)cc2)cc1. The first kappa shape index (κ1) is 37.6. The number of hydrogen-bond donors (Lipinski definition) is 1. The lowest BCUT2D eigenvalue weighted by molar-refractivity contribution is -0.714. The Morgan fingerprint density at radius 1 is 1.06 bits per heavy atom. The predicted molar refractivity (Wildman–Crippen MR) is 164 cm³/mol. The van der Waals surface area contributed by atoms with E-state index in [1.807, 2.05) is 20.8 Å². The summed E-state index contributed by atoms with van der Waals surface area (Å²) in [6.45, 7) is 7.74. The second-order valence-electron chi connectivity index (χ2n) is 11.4. The molecule has 0 aliphatic heterocycles. The summed E-state index contributed by atoms with van der Waals surface area (Å²) >= 11 is 0. The number of halogens is 3. The van der Waals surface area contributed by atoms with Crippen molar-refractivity contribution in [2.24, 2.45) is 17.1 Å². The minimum Gasteiger partial charge on any atom is -0.569 e. The zero-order chi connectivity index (χ0) is 35.8. The average Bonchev–Trinajstić information content (AvgIpc) is 3.47. The minimum atomic E-state index is -4.72. The number of hydrazine groups is 1. The van der Waals surface area contributed by atoms with Gasteiger partial charge in [-0.25, -0.2) is 22.6 Å². The molecule has 1 amide bonds. The maximum Gasteiger partial charge on any atom is 0.435 e. The van der Waals surface area contributed by atoms with E-state index in [-0.39, 0.29) is 27.2 Å². The van der Waals surface area contributed by atoms with Gasteiger partial charge in [-0.3, -0.25) is 4.79 Å². The van der Waals surface area contributed by atoms with E-state index < -0.39 is 59.3 Å². The molecule has 1 heterocycles. The van der Waals surface area contributed by atoms with Gasteiger partial charge in [0.25, 0.3) is 16.8 Å². The molecule has 1 atom stereocenters. The third-order valence-electron chi connectivity index (χ3n) is 6.76. The molecule has 0 saturated heterocycles.